The molecule has 1 N–H and O–H groups in total. The van der Waals surface area contributed by atoms with Crippen molar-refractivity contribution in [2.75, 3.05) is 32.8 Å². The summed E-state index contributed by atoms with van der Waals surface area (Å²) in [5, 5.41) is 3.57. The standard InChI is InChI=1S/C18H28N2O/c1-2-8-17(9-3-1)21-14-6-13-20-12-5-10-18(20)16-7-4-11-19-15-16/h1-3,8-9,16,18-19H,4-7,10-15H2. The van der Waals surface area contributed by atoms with E-state index in [1.165, 1.54) is 51.9 Å². The highest BCUT2D eigenvalue weighted by Crippen LogP contribution is 2.28. The first-order chi connectivity index (χ1) is 10.4. The number of benzene rings is 1. The molecule has 2 fully saturated rings. The summed E-state index contributed by atoms with van der Waals surface area (Å²) in [4.78, 5) is 2.71. The number of para-hydroxylation sites is 1. The van der Waals surface area contributed by atoms with Crippen molar-refractivity contribution in [1.82, 2.24) is 10.2 Å². The van der Waals surface area contributed by atoms with Gasteiger partial charge < -0.3 is 10.1 Å². The second kappa shape index (κ2) is 7.81. The van der Waals surface area contributed by atoms with Crippen LogP contribution >= 0.6 is 0 Å². The van der Waals surface area contributed by atoms with Crippen LogP contribution in [0.1, 0.15) is 32.1 Å². The molecule has 1 aromatic carbocycles. The topological polar surface area (TPSA) is 24.5 Å². The summed E-state index contributed by atoms with van der Waals surface area (Å²) in [6.45, 7) is 5.74. The highest BCUT2D eigenvalue weighted by molar-refractivity contribution is 5.20. The average Bonchev–Trinajstić information content (AvgIpc) is 3.02. The summed E-state index contributed by atoms with van der Waals surface area (Å²) in [5.74, 6) is 1.86. The Morgan fingerprint density at radius 2 is 2.05 bits per heavy atom. The molecule has 2 saturated heterocycles. The summed E-state index contributed by atoms with van der Waals surface area (Å²) in [7, 11) is 0. The molecule has 116 valence electrons. The fourth-order valence-corrected chi connectivity index (χ4v) is 3.84. The number of likely N-dealkylation sites (tertiary alicyclic amines) is 1. The molecule has 2 aliphatic rings. The minimum Gasteiger partial charge on any atom is -0.494 e. The molecule has 0 aliphatic carbocycles. The molecule has 3 rings (SSSR count). The predicted molar refractivity (Wildman–Crippen MR) is 86.7 cm³/mol. The monoisotopic (exact) mass is 288 g/mol. The fourth-order valence-electron chi connectivity index (χ4n) is 3.84. The van der Waals surface area contributed by atoms with E-state index in [4.69, 9.17) is 4.74 Å². The molecule has 2 aliphatic heterocycles. The van der Waals surface area contributed by atoms with Crippen LogP contribution in [-0.4, -0.2) is 43.7 Å². The Hall–Kier alpha value is -1.06. The Balaban J connectivity index is 1.39. The maximum Gasteiger partial charge on any atom is 0.119 e. The van der Waals surface area contributed by atoms with Crippen LogP contribution in [-0.2, 0) is 0 Å². The first-order valence-electron chi connectivity index (χ1n) is 8.56. The van der Waals surface area contributed by atoms with E-state index in [2.05, 4.69) is 10.2 Å². The number of ether oxygens (including phenoxy) is 1. The SMILES string of the molecule is c1ccc(OCCCN2CCCC2C2CCCNC2)cc1. The summed E-state index contributed by atoms with van der Waals surface area (Å²) >= 11 is 0. The van der Waals surface area contributed by atoms with Gasteiger partial charge in [-0.25, -0.2) is 0 Å². The molecular weight excluding hydrogens is 260 g/mol. The zero-order valence-corrected chi connectivity index (χ0v) is 13.0. The van der Waals surface area contributed by atoms with Crippen LogP contribution in [0.25, 0.3) is 0 Å². The van der Waals surface area contributed by atoms with E-state index in [1.54, 1.807) is 0 Å². The molecule has 21 heavy (non-hydrogen) atoms. The molecule has 2 unspecified atom stereocenters. The number of hydrogen-bond acceptors (Lipinski definition) is 3. The Morgan fingerprint density at radius 1 is 1.14 bits per heavy atom. The van der Waals surface area contributed by atoms with Gasteiger partial charge in [0.05, 0.1) is 6.61 Å². The molecule has 0 amide bonds. The highest BCUT2D eigenvalue weighted by atomic mass is 16.5. The van der Waals surface area contributed by atoms with Gasteiger partial charge in [-0.1, -0.05) is 18.2 Å². The van der Waals surface area contributed by atoms with Gasteiger partial charge in [-0.3, -0.25) is 4.90 Å². The van der Waals surface area contributed by atoms with E-state index in [-0.39, 0.29) is 0 Å². The van der Waals surface area contributed by atoms with Crippen molar-refractivity contribution < 1.29 is 4.74 Å². The van der Waals surface area contributed by atoms with Crippen molar-refractivity contribution in [1.29, 1.82) is 0 Å². The third-order valence-corrected chi connectivity index (χ3v) is 4.89. The summed E-state index contributed by atoms with van der Waals surface area (Å²) in [6.07, 6.45) is 6.67. The molecule has 0 saturated carbocycles. The molecule has 0 radical (unpaired) electrons. The molecule has 3 heteroatoms. The molecular formula is C18H28N2O. The lowest BCUT2D eigenvalue weighted by atomic mass is 9.90. The Bertz CT molecular complexity index is 403. The van der Waals surface area contributed by atoms with Crippen LogP contribution < -0.4 is 10.1 Å². The lowest BCUT2D eigenvalue weighted by molar-refractivity contribution is 0.155. The van der Waals surface area contributed by atoms with E-state index in [0.717, 1.165) is 30.7 Å². The van der Waals surface area contributed by atoms with Gasteiger partial charge in [-0.2, -0.15) is 0 Å². The number of nitrogens with zero attached hydrogens (tertiary/aromatic N) is 1. The van der Waals surface area contributed by atoms with Gasteiger partial charge in [0, 0.05) is 12.6 Å². The lowest BCUT2D eigenvalue weighted by Crippen LogP contribution is -2.43. The third kappa shape index (κ3) is 4.21. The highest BCUT2D eigenvalue weighted by Gasteiger charge is 2.31. The predicted octanol–water partition coefficient (Wildman–Crippen LogP) is 2.92. The van der Waals surface area contributed by atoms with Gasteiger partial charge in [0.25, 0.3) is 0 Å². The van der Waals surface area contributed by atoms with E-state index >= 15 is 0 Å². The average molecular weight is 288 g/mol. The number of rotatable bonds is 6. The maximum absolute atomic E-state index is 5.81. The van der Waals surface area contributed by atoms with Gasteiger partial charge in [0.1, 0.15) is 5.75 Å². The van der Waals surface area contributed by atoms with Crippen molar-refractivity contribution in [2.24, 2.45) is 5.92 Å². The summed E-state index contributed by atoms with van der Waals surface area (Å²) in [6, 6.07) is 11.0. The zero-order valence-electron chi connectivity index (χ0n) is 13.0. The zero-order chi connectivity index (χ0) is 14.3. The van der Waals surface area contributed by atoms with Crippen molar-refractivity contribution in [3.63, 3.8) is 0 Å². The van der Waals surface area contributed by atoms with Crippen LogP contribution in [0.5, 0.6) is 5.75 Å². The van der Waals surface area contributed by atoms with E-state index < -0.39 is 0 Å². The van der Waals surface area contributed by atoms with Crippen molar-refractivity contribution in [3.05, 3.63) is 30.3 Å². The molecule has 0 spiro atoms. The van der Waals surface area contributed by atoms with Gasteiger partial charge in [0.2, 0.25) is 0 Å². The quantitative estimate of drug-likeness (QED) is 0.815. The number of nitrogens with one attached hydrogen (secondary N) is 1. The van der Waals surface area contributed by atoms with Crippen LogP contribution in [0, 0.1) is 5.92 Å². The molecule has 1 aromatic rings. The fraction of sp³-hybridized carbons (Fsp3) is 0.667. The van der Waals surface area contributed by atoms with Crippen molar-refractivity contribution >= 4 is 0 Å². The van der Waals surface area contributed by atoms with Crippen LogP contribution in [0.15, 0.2) is 30.3 Å². The summed E-state index contributed by atoms with van der Waals surface area (Å²) in [5.41, 5.74) is 0. The Kier molecular flexibility index (Phi) is 5.53. The van der Waals surface area contributed by atoms with Crippen molar-refractivity contribution in [2.45, 2.75) is 38.1 Å². The van der Waals surface area contributed by atoms with E-state index in [9.17, 15) is 0 Å². The second-order valence-electron chi connectivity index (χ2n) is 6.37. The van der Waals surface area contributed by atoms with Crippen LogP contribution in [0.4, 0.5) is 0 Å². The van der Waals surface area contributed by atoms with Gasteiger partial charge in [0.15, 0.2) is 0 Å². The summed E-state index contributed by atoms with van der Waals surface area (Å²) < 4.78 is 5.81. The normalized spacial score (nSPS) is 26.9. The Morgan fingerprint density at radius 3 is 2.86 bits per heavy atom. The van der Waals surface area contributed by atoms with E-state index in [0.29, 0.717) is 0 Å². The molecule has 2 heterocycles. The molecule has 3 nitrogen and oxygen atoms in total. The first kappa shape index (κ1) is 14.9. The number of piperidine rings is 1. The third-order valence-electron chi connectivity index (χ3n) is 4.89. The van der Waals surface area contributed by atoms with E-state index in [1.807, 2.05) is 30.3 Å². The number of hydrogen-bond donors (Lipinski definition) is 1. The lowest BCUT2D eigenvalue weighted by Gasteiger charge is -2.34. The van der Waals surface area contributed by atoms with Gasteiger partial charge in [-0.05, 0) is 69.8 Å². The smallest absolute Gasteiger partial charge is 0.119 e. The van der Waals surface area contributed by atoms with Gasteiger partial charge in [-0.15, -0.1) is 0 Å². The van der Waals surface area contributed by atoms with Crippen LogP contribution in [0.2, 0.25) is 0 Å². The second-order valence-corrected chi connectivity index (χ2v) is 6.37. The molecule has 0 bridgehead atoms. The largest absolute Gasteiger partial charge is 0.494 e. The van der Waals surface area contributed by atoms with Gasteiger partial charge >= 0.3 is 0 Å². The minimum atomic E-state index is 0.814. The van der Waals surface area contributed by atoms with Crippen LogP contribution in [0.3, 0.4) is 0 Å². The Labute approximate surface area is 128 Å². The maximum atomic E-state index is 5.81. The first-order valence-corrected chi connectivity index (χ1v) is 8.56. The van der Waals surface area contributed by atoms with Crippen molar-refractivity contribution in [3.8, 4) is 5.75 Å². The molecule has 0 aromatic heterocycles. The molecule has 2 atom stereocenters. The minimum absolute atomic E-state index is 0.814.